The quantitative estimate of drug-likeness (QED) is 0.782. The molecule has 1 N–H and O–H groups in total. The van der Waals surface area contributed by atoms with Gasteiger partial charge in [0.15, 0.2) is 0 Å². The number of fused-ring (bicyclic) bond motifs is 2. The van der Waals surface area contributed by atoms with Crippen LogP contribution in [0.2, 0.25) is 0 Å². The number of benzene rings is 1. The minimum Gasteiger partial charge on any atom is -0.393 e. The highest BCUT2D eigenvalue weighted by Gasteiger charge is 2.69. The first-order valence-corrected chi connectivity index (χ1v) is 6.68. The molecule has 17 heavy (non-hydrogen) atoms. The highest BCUT2D eigenvalue weighted by Crippen LogP contribution is 2.72. The van der Waals surface area contributed by atoms with Crippen molar-refractivity contribution in [1.82, 2.24) is 0 Å². The van der Waals surface area contributed by atoms with Crippen LogP contribution in [0.4, 0.5) is 0 Å². The van der Waals surface area contributed by atoms with Crippen LogP contribution in [-0.2, 0) is 5.41 Å². The topological polar surface area (TPSA) is 20.2 Å². The lowest BCUT2D eigenvalue weighted by atomic mass is 9.62. The number of aliphatic hydroxyl groups is 1. The minimum absolute atomic E-state index is 0.0862. The highest BCUT2D eigenvalue weighted by atomic mass is 16.3. The van der Waals surface area contributed by atoms with E-state index in [-0.39, 0.29) is 22.3 Å². The van der Waals surface area contributed by atoms with Gasteiger partial charge in [0.25, 0.3) is 0 Å². The van der Waals surface area contributed by atoms with Gasteiger partial charge in [-0.2, -0.15) is 0 Å². The summed E-state index contributed by atoms with van der Waals surface area (Å²) in [6.07, 6.45) is 3.15. The van der Waals surface area contributed by atoms with Gasteiger partial charge >= 0.3 is 0 Å². The molecule has 0 spiro atoms. The fourth-order valence-corrected chi connectivity index (χ4v) is 4.52. The van der Waals surface area contributed by atoms with Gasteiger partial charge in [-0.1, -0.05) is 51.1 Å². The highest BCUT2D eigenvalue weighted by molar-refractivity contribution is 5.36. The Labute approximate surface area is 104 Å². The molecule has 92 valence electrons. The molecule has 2 fully saturated rings. The van der Waals surface area contributed by atoms with Crippen molar-refractivity contribution in [1.29, 1.82) is 0 Å². The minimum atomic E-state index is -0.147. The Balaban J connectivity index is 2.17. The lowest BCUT2D eigenvalue weighted by Gasteiger charge is -2.41. The molecule has 3 rings (SSSR count). The van der Waals surface area contributed by atoms with Gasteiger partial charge in [-0.25, -0.2) is 0 Å². The van der Waals surface area contributed by atoms with E-state index >= 15 is 0 Å². The summed E-state index contributed by atoms with van der Waals surface area (Å²) in [5.74, 6) is 0. The molecule has 2 bridgehead atoms. The standard InChI is InChI=1S/C16H22O/c1-14(2)15(3)9-10-16(14,11-13(15)17)12-7-5-4-6-8-12/h4-8,13,17H,9-11H2,1-3H3/t13-,15+,16-/m1/s1. The Morgan fingerprint density at radius 2 is 1.71 bits per heavy atom. The van der Waals surface area contributed by atoms with E-state index in [2.05, 4.69) is 51.1 Å². The van der Waals surface area contributed by atoms with E-state index < -0.39 is 0 Å². The molecule has 1 aromatic rings. The van der Waals surface area contributed by atoms with Crippen LogP contribution in [0, 0.1) is 10.8 Å². The zero-order valence-electron chi connectivity index (χ0n) is 11.0. The maximum absolute atomic E-state index is 10.4. The summed E-state index contributed by atoms with van der Waals surface area (Å²) in [5, 5.41) is 10.4. The van der Waals surface area contributed by atoms with E-state index in [1.807, 2.05) is 0 Å². The van der Waals surface area contributed by atoms with Crippen molar-refractivity contribution in [3.63, 3.8) is 0 Å². The normalized spacial score (nSPS) is 42.9. The van der Waals surface area contributed by atoms with Gasteiger partial charge in [0.1, 0.15) is 0 Å². The van der Waals surface area contributed by atoms with E-state index in [1.54, 1.807) is 0 Å². The van der Waals surface area contributed by atoms with E-state index in [4.69, 9.17) is 0 Å². The summed E-state index contributed by atoms with van der Waals surface area (Å²) in [6, 6.07) is 10.8. The molecule has 1 nitrogen and oxygen atoms in total. The van der Waals surface area contributed by atoms with Crippen LogP contribution in [0.15, 0.2) is 30.3 Å². The fraction of sp³-hybridized carbons (Fsp3) is 0.625. The molecular formula is C16H22O. The SMILES string of the molecule is CC1(C)[C@]2(c3ccccc3)CC[C@@]1(C)[C@H](O)C2. The van der Waals surface area contributed by atoms with Gasteiger partial charge in [-0.3, -0.25) is 0 Å². The third-order valence-corrected chi connectivity index (χ3v) is 6.30. The summed E-state index contributed by atoms with van der Waals surface area (Å²) in [6.45, 7) is 6.97. The Kier molecular flexibility index (Phi) is 2.08. The second kappa shape index (κ2) is 3.14. The van der Waals surface area contributed by atoms with Crippen LogP contribution in [0.25, 0.3) is 0 Å². The maximum atomic E-state index is 10.4. The molecule has 0 heterocycles. The second-order valence-corrected chi connectivity index (χ2v) is 6.71. The second-order valence-electron chi connectivity index (χ2n) is 6.71. The molecule has 1 heteroatoms. The molecule has 0 unspecified atom stereocenters. The molecule has 2 aliphatic rings. The largest absolute Gasteiger partial charge is 0.393 e. The predicted molar refractivity (Wildman–Crippen MR) is 69.9 cm³/mol. The molecule has 1 aromatic carbocycles. The van der Waals surface area contributed by atoms with E-state index in [9.17, 15) is 5.11 Å². The monoisotopic (exact) mass is 230 g/mol. The van der Waals surface area contributed by atoms with Crippen molar-refractivity contribution < 1.29 is 5.11 Å². The zero-order valence-corrected chi connectivity index (χ0v) is 11.0. The molecular weight excluding hydrogens is 208 g/mol. The third kappa shape index (κ3) is 1.09. The van der Waals surface area contributed by atoms with E-state index in [1.165, 1.54) is 12.0 Å². The van der Waals surface area contributed by atoms with Crippen LogP contribution in [0.5, 0.6) is 0 Å². The molecule has 2 saturated carbocycles. The van der Waals surface area contributed by atoms with Crippen LogP contribution < -0.4 is 0 Å². The summed E-state index contributed by atoms with van der Waals surface area (Å²) in [4.78, 5) is 0. The average Bonchev–Trinajstić information content (AvgIpc) is 2.61. The van der Waals surface area contributed by atoms with E-state index in [0.717, 1.165) is 12.8 Å². The summed E-state index contributed by atoms with van der Waals surface area (Å²) < 4.78 is 0. The van der Waals surface area contributed by atoms with Crippen molar-refractivity contribution in [3.05, 3.63) is 35.9 Å². The predicted octanol–water partition coefficient (Wildman–Crippen LogP) is 3.52. The third-order valence-electron chi connectivity index (χ3n) is 6.30. The van der Waals surface area contributed by atoms with Crippen molar-refractivity contribution in [2.75, 3.05) is 0 Å². The van der Waals surface area contributed by atoms with Gasteiger partial charge in [0.2, 0.25) is 0 Å². The Bertz CT molecular complexity index is 436. The van der Waals surface area contributed by atoms with Crippen LogP contribution >= 0.6 is 0 Å². The van der Waals surface area contributed by atoms with Gasteiger partial charge in [-0.15, -0.1) is 0 Å². The van der Waals surface area contributed by atoms with Crippen molar-refractivity contribution in [2.24, 2.45) is 10.8 Å². The Morgan fingerprint density at radius 1 is 1.06 bits per heavy atom. The summed E-state index contributed by atoms with van der Waals surface area (Å²) >= 11 is 0. The van der Waals surface area contributed by atoms with Crippen LogP contribution in [0.1, 0.15) is 45.6 Å². The van der Waals surface area contributed by atoms with E-state index in [0.29, 0.717) is 0 Å². The van der Waals surface area contributed by atoms with Crippen molar-refractivity contribution >= 4 is 0 Å². The first-order valence-electron chi connectivity index (χ1n) is 6.68. The number of hydrogen-bond donors (Lipinski definition) is 1. The first kappa shape index (κ1) is 11.3. The zero-order chi connectivity index (χ0) is 12.3. The lowest BCUT2D eigenvalue weighted by molar-refractivity contribution is 0.0123. The first-order chi connectivity index (χ1) is 7.94. The Hall–Kier alpha value is -0.820. The molecule has 0 amide bonds. The van der Waals surface area contributed by atoms with Crippen LogP contribution in [-0.4, -0.2) is 11.2 Å². The van der Waals surface area contributed by atoms with Crippen LogP contribution in [0.3, 0.4) is 0 Å². The Morgan fingerprint density at radius 3 is 2.18 bits per heavy atom. The fourth-order valence-electron chi connectivity index (χ4n) is 4.52. The number of rotatable bonds is 1. The molecule has 0 saturated heterocycles. The molecule has 0 aliphatic heterocycles. The lowest BCUT2D eigenvalue weighted by Crippen LogP contribution is -2.38. The van der Waals surface area contributed by atoms with Gasteiger partial charge in [0, 0.05) is 5.41 Å². The van der Waals surface area contributed by atoms with Gasteiger partial charge in [-0.05, 0) is 35.7 Å². The number of aliphatic hydroxyl groups excluding tert-OH is 1. The molecule has 0 radical (unpaired) electrons. The maximum Gasteiger partial charge on any atom is 0.0607 e. The molecule has 0 aromatic heterocycles. The summed E-state index contributed by atoms with van der Waals surface area (Å²) in [5.41, 5.74) is 1.87. The van der Waals surface area contributed by atoms with Crippen molar-refractivity contribution in [2.45, 2.75) is 51.6 Å². The molecule has 3 atom stereocenters. The summed E-state index contributed by atoms with van der Waals surface area (Å²) in [7, 11) is 0. The molecule has 2 aliphatic carbocycles. The van der Waals surface area contributed by atoms with Gasteiger partial charge in [0.05, 0.1) is 6.10 Å². The van der Waals surface area contributed by atoms with Crippen molar-refractivity contribution in [3.8, 4) is 0 Å². The average molecular weight is 230 g/mol. The smallest absolute Gasteiger partial charge is 0.0607 e. The number of hydrogen-bond acceptors (Lipinski definition) is 1. The van der Waals surface area contributed by atoms with Gasteiger partial charge < -0.3 is 5.11 Å².